The van der Waals surface area contributed by atoms with E-state index in [2.05, 4.69) is 25.4 Å². The number of hydrogen-bond acceptors (Lipinski definition) is 6. The van der Waals surface area contributed by atoms with Crippen LogP contribution in [0.15, 0.2) is 33.6 Å². The summed E-state index contributed by atoms with van der Waals surface area (Å²) in [6.07, 6.45) is 2.14. The van der Waals surface area contributed by atoms with Crippen molar-refractivity contribution in [2.75, 3.05) is 0 Å². The Labute approximate surface area is 136 Å². The van der Waals surface area contributed by atoms with E-state index in [0.717, 1.165) is 12.8 Å². The number of carbonyl (C=O) groups is 1. The number of rotatable bonds is 4. The highest BCUT2D eigenvalue weighted by Gasteiger charge is 2.30. The van der Waals surface area contributed by atoms with Crippen LogP contribution in [0.5, 0.6) is 0 Å². The number of hydrogen-bond donors (Lipinski definition) is 2. The lowest BCUT2D eigenvalue weighted by Gasteiger charge is -2.10. The summed E-state index contributed by atoms with van der Waals surface area (Å²) in [6.45, 7) is 1.75. The molecule has 1 fully saturated rings. The Morgan fingerprint density at radius 3 is 2.92 bits per heavy atom. The van der Waals surface area contributed by atoms with Crippen LogP contribution in [0.3, 0.4) is 0 Å². The molecular formula is C16H15N5O3. The molecule has 0 spiro atoms. The van der Waals surface area contributed by atoms with Crippen molar-refractivity contribution in [1.82, 2.24) is 25.4 Å². The van der Waals surface area contributed by atoms with Crippen molar-refractivity contribution in [1.29, 1.82) is 0 Å². The summed E-state index contributed by atoms with van der Waals surface area (Å²) < 4.78 is 5.21. The second-order valence-electron chi connectivity index (χ2n) is 5.90. The van der Waals surface area contributed by atoms with Crippen molar-refractivity contribution >= 4 is 16.8 Å². The summed E-state index contributed by atoms with van der Waals surface area (Å²) in [5, 5.41) is 7.26. The predicted molar refractivity (Wildman–Crippen MR) is 84.5 cm³/mol. The quantitative estimate of drug-likeness (QED) is 0.754. The molecule has 0 saturated heterocycles. The zero-order chi connectivity index (χ0) is 16.7. The van der Waals surface area contributed by atoms with Gasteiger partial charge in [0.15, 0.2) is 5.82 Å². The maximum atomic E-state index is 12.5. The molecule has 24 heavy (non-hydrogen) atoms. The van der Waals surface area contributed by atoms with Gasteiger partial charge in [0.25, 0.3) is 5.91 Å². The van der Waals surface area contributed by atoms with Gasteiger partial charge in [-0.1, -0.05) is 23.4 Å². The van der Waals surface area contributed by atoms with Crippen LogP contribution in [-0.2, 0) is 0 Å². The first kappa shape index (κ1) is 14.6. The molecule has 1 amide bonds. The minimum absolute atomic E-state index is 0.0723. The number of amides is 1. The van der Waals surface area contributed by atoms with E-state index in [1.165, 1.54) is 0 Å². The largest absolute Gasteiger partial charge is 0.346 e. The molecule has 122 valence electrons. The molecule has 1 atom stereocenters. The van der Waals surface area contributed by atoms with Crippen LogP contribution in [0, 0.1) is 0 Å². The van der Waals surface area contributed by atoms with Gasteiger partial charge in [0, 0.05) is 11.3 Å². The van der Waals surface area contributed by atoms with E-state index in [1.807, 2.05) is 0 Å². The van der Waals surface area contributed by atoms with Crippen molar-refractivity contribution in [3.05, 3.63) is 52.2 Å². The van der Waals surface area contributed by atoms with E-state index in [4.69, 9.17) is 4.52 Å². The Morgan fingerprint density at radius 2 is 2.12 bits per heavy atom. The minimum atomic E-state index is -0.569. The van der Waals surface area contributed by atoms with E-state index in [9.17, 15) is 9.59 Å². The number of H-pyrrole nitrogens is 1. The Bertz CT molecular complexity index is 973. The average Bonchev–Trinajstić information content (AvgIpc) is 3.30. The maximum Gasteiger partial charge on any atom is 0.346 e. The van der Waals surface area contributed by atoms with E-state index < -0.39 is 17.6 Å². The first-order valence-electron chi connectivity index (χ1n) is 7.75. The fourth-order valence-electron chi connectivity index (χ4n) is 2.53. The number of para-hydroxylation sites is 1. The molecule has 0 bridgehead atoms. The smallest absolute Gasteiger partial charge is 0.339 e. The van der Waals surface area contributed by atoms with Crippen molar-refractivity contribution in [3.63, 3.8) is 0 Å². The average molecular weight is 325 g/mol. The number of aromatic nitrogens is 4. The summed E-state index contributed by atoms with van der Waals surface area (Å²) in [4.78, 5) is 34.9. The Morgan fingerprint density at radius 1 is 1.33 bits per heavy atom. The molecule has 0 radical (unpaired) electrons. The van der Waals surface area contributed by atoms with E-state index >= 15 is 0 Å². The highest BCUT2D eigenvalue weighted by molar-refractivity contribution is 6.04. The normalized spacial score (nSPS) is 15.4. The van der Waals surface area contributed by atoms with Crippen LogP contribution in [0.4, 0.5) is 0 Å². The minimum Gasteiger partial charge on any atom is -0.339 e. The third-order valence-electron chi connectivity index (χ3n) is 3.97. The molecule has 1 aromatic carbocycles. The molecule has 1 saturated carbocycles. The lowest BCUT2D eigenvalue weighted by molar-refractivity contribution is 0.0929. The molecular weight excluding hydrogens is 310 g/mol. The molecule has 3 aromatic rings. The predicted octanol–water partition coefficient (Wildman–Crippen LogP) is 1.67. The Kier molecular flexibility index (Phi) is 3.37. The molecule has 8 nitrogen and oxygen atoms in total. The van der Waals surface area contributed by atoms with E-state index in [0.29, 0.717) is 28.5 Å². The SMILES string of the molecule is CC(NC(=O)c1nc(=O)[nH]c2ccccc12)c1nc(C2CC2)no1. The molecule has 1 aliphatic rings. The second kappa shape index (κ2) is 5.55. The van der Waals surface area contributed by atoms with Gasteiger partial charge in [0.2, 0.25) is 5.89 Å². The monoisotopic (exact) mass is 325 g/mol. The van der Waals surface area contributed by atoms with Gasteiger partial charge in [-0.2, -0.15) is 9.97 Å². The van der Waals surface area contributed by atoms with Gasteiger partial charge in [-0.05, 0) is 25.8 Å². The van der Waals surface area contributed by atoms with Crippen LogP contribution in [0.2, 0.25) is 0 Å². The molecule has 2 N–H and O–H groups in total. The number of fused-ring (bicyclic) bond motifs is 1. The highest BCUT2D eigenvalue weighted by Crippen LogP contribution is 2.38. The molecule has 2 heterocycles. The molecule has 4 rings (SSSR count). The van der Waals surface area contributed by atoms with Crippen LogP contribution in [-0.4, -0.2) is 26.0 Å². The van der Waals surface area contributed by atoms with Gasteiger partial charge < -0.3 is 14.8 Å². The zero-order valence-corrected chi connectivity index (χ0v) is 12.9. The first-order chi connectivity index (χ1) is 11.6. The molecule has 1 aliphatic carbocycles. The summed E-state index contributed by atoms with van der Waals surface area (Å²) in [7, 11) is 0. The van der Waals surface area contributed by atoms with Gasteiger partial charge in [-0.25, -0.2) is 4.79 Å². The van der Waals surface area contributed by atoms with Crippen molar-refractivity contribution in [2.24, 2.45) is 0 Å². The molecule has 1 unspecified atom stereocenters. The standard InChI is InChI=1S/C16H15N5O3/c1-8(15-20-13(21-24-15)9-6-7-9)17-14(22)12-10-4-2-3-5-11(10)18-16(23)19-12/h2-5,8-9H,6-7H2,1H3,(H,17,22)(H,18,19,23). The topological polar surface area (TPSA) is 114 Å². The van der Waals surface area contributed by atoms with E-state index in [1.54, 1.807) is 31.2 Å². The summed E-state index contributed by atoms with van der Waals surface area (Å²) in [6, 6.07) is 6.54. The summed E-state index contributed by atoms with van der Waals surface area (Å²) >= 11 is 0. The van der Waals surface area contributed by atoms with Gasteiger partial charge in [0.05, 0.1) is 5.52 Å². The van der Waals surface area contributed by atoms with Crippen LogP contribution in [0.25, 0.3) is 10.9 Å². The van der Waals surface area contributed by atoms with Crippen LogP contribution >= 0.6 is 0 Å². The third-order valence-corrected chi connectivity index (χ3v) is 3.97. The third kappa shape index (κ3) is 2.66. The summed E-state index contributed by atoms with van der Waals surface area (Å²) in [5.74, 6) is 0.949. The summed E-state index contributed by atoms with van der Waals surface area (Å²) in [5.41, 5.74) is 0.0626. The fourth-order valence-corrected chi connectivity index (χ4v) is 2.53. The number of carbonyl (C=O) groups excluding carboxylic acids is 1. The van der Waals surface area contributed by atoms with Crippen molar-refractivity contribution in [2.45, 2.75) is 31.7 Å². The fraction of sp³-hybridized carbons (Fsp3) is 0.312. The molecule has 8 heteroatoms. The van der Waals surface area contributed by atoms with Gasteiger partial charge in [-0.15, -0.1) is 0 Å². The number of benzene rings is 1. The Balaban J connectivity index is 1.60. The first-order valence-corrected chi connectivity index (χ1v) is 7.75. The second-order valence-corrected chi connectivity index (χ2v) is 5.90. The molecule has 0 aliphatic heterocycles. The zero-order valence-electron chi connectivity index (χ0n) is 12.9. The molecule has 2 aromatic heterocycles. The lowest BCUT2D eigenvalue weighted by Crippen LogP contribution is -2.30. The lowest BCUT2D eigenvalue weighted by atomic mass is 10.1. The van der Waals surface area contributed by atoms with Gasteiger partial charge in [0.1, 0.15) is 11.7 Å². The van der Waals surface area contributed by atoms with E-state index in [-0.39, 0.29) is 5.69 Å². The number of nitrogens with zero attached hydrogens (tertiary/aromatic N) is 3. The van der Waals surface area contributed by atoms with Gasteiger partial charge >= 0.3 is 5.69 Å². The maximum absolute atomic E-state index is 12.5. The van der Waals surface area contributed by atoms with Crippen molar-refractivity contribution < 1.29 is 9.32 Å². The number of nitrogens with one attached hydrogen (secondary N) is 2. The van der Waals surface area contributed by atoms with Crippen LogP contribution < -0.4 is 11.0 Å². The van der Waals surface area contributed by atoms with Gasteiger partial charge in [-0.3, -0.25) is 4.79 Å². The van der Waals surface area contributed by atoms with Crippen LogP contribution in [0.1, 0.15) is 53.9 Å². The highest BCUT2D eigenvalue weighted by atomic mass is 16.5. The number of aromatic amines is 1. The van der Waals surface area contributed by atoms with Crippen molar-refractivity contribution in [3.8, 4) is 0 Å². The Hall–Kier alpha value is -3.03.